The van der Waals surface area contributed by atoms with Gasteiger partial charge in [0.15, 0.2) is 11.5 Å². The third-order valence-electron chi connectivity index (χ3n) is 6.47. The smallest absolute Gasteiger partial charge is 0.298 e. The largest absolute Gasteiger partial charge is 0.435 e. The van der Waals surface area contributed by atoms with Gasteiger partial charge in [-0.05, 0) is 59.9 Å². The summed E-state index contributed by atoms with van der Waals surface area (Å²) in [5.74, 6) is -3.65. The third-order valence-corrected chi connectivity index (χ3v) is 6.47. The van der Waals surface area contributed by atoms with Gasteiger partial charge in [-0.15, -0.1) is 0 Å². The fourth-order valence-electron chi connectivity index (χ4n) is 4.70. The molecule has 2 aromatic carbocycles. The molecule has 2 aromatic heterocycles. The highest BCUT2D eigenvalue weighted by Crippen LogP contribution is 2.36. The number of rotatable bonds is 10. The van der Waals surface area contributed by atoms with Crippen molar-refractivity contribution in [3.8, 4) is 11.1 Å². The van der Waals surface area contributed by atoms with E-state index >= 15 is 0 Å². The highest BCUT2D eigenvalue weighted by atomic mass is 19.4. The molecule has 4 aromatic rings. The lowest BCUT2D eigenvalue weighted by atomic mass is 9.86. The van der Waals surface area contributed by atoms with Crippen LogP contribution >= 0.6 is 0 Å². The van der Waals surface area contributed by atoms with Gasteiger partial charge in [-0.25, -0.2) is 22.0 Å². The van der Waals surface area contributed by atoms with Crippen LogP contribution in [0.4, 0.5) is 35.1 Å². The van der Waals surface area contributed by atoms with Crippen molar-refractivity contribution in [2.24, 2.45) is 0 Å². The van der Waals surface area contributed by atoms with E-state index in [4.69, 9.17) is 0 Å². The number of carbonyl (C=O) groups is 1. The highest BCUT2D eigenvalue weighted by Gasteiger charge is 2.39. The molecular formula is C29H23F8N3O. The molecule has 12 heteroatoms. The van der Waals surface area contributed by atoms with Gasteiger partial charge >= 0.3 is 6.18 Å². The van der Waals surface area contributed by atoms with Gasteiger partial charge in [-0.2, -0.15) is 18.3 Å². The van der Waals surface area contributed by atoms with Crippen LogP contribution in [0.15, 0.2) is 60.9 Å². The molecule has 4 nitrogen and oxygen atoms in total. The molecule has 1 atom stereocenters. The van der Waals surface area contributed by atoms with Crippen LogP contribution in [0.3, 0.4) is 0 Å². The summed E-state index contributed by atoms with van der Waals surface area (Å²) in [5.41, 5.74) is -1.14. The summed E-state index contributed by atoms with van der Waals surface area (Å²) in [6.07, 6.45) is -6.80. The van der Waals surface area contributed by atoms with Crippen LogP contribution in [0.25, 0.3) is 11.1 Å². The SMILES string of the molecule is CCc1cc(-c2cccnc2[C@@H](CC(=O)Cn2cc(C(F)F)c(C(F)(F)F)n2)Cc2cc(F)cc(F)c2)ccc1F. The van der Waals surface area contributed by atoms with Gasteiger partial charge < -0.3 is 0 Å². The van der Waals surface area contributed by atoms with Gasteiger partial charge in [0.2, 0.25) is 0 Å². The van der Waals surface area contributed by atoms with Crippen molar-refractivity contribution >= 4 is 5.78 Å². The Bertz CT molecular complexity index is 1530. The van der Waals surface area contributed by atoms with E-state index in [1.165, 1.54) is 18.3 Å². The van der Waals surface area contributed by atoms with E-state index in [2.05, 4.69) is 10.1 Å². The van der Waals surface area contributed by atoms with Crippen molar-refractivity contribution in [2.45, 2.75) is 51.3 Å². The molecule has 0 amide bonds. The number of halogens is 8. The number of ketones is 1. The molecule has 0 aliphatic carbocycles. The molecule has 0 aliphatic rings. The minimum Gasteiger partial charge on any atom is -0.298 e. The van der Waals surface area contributed by atoms with Crippen LogP contribution in [0.1, 0.15) is 53.8 Å². The number of nitrogens with zero attached hydrogens (tertiary/aromatic N) is 3. The molecule has 0 saturated carbocycles. The monoisotopic (exact) mass is 581 g/mol. The second kappa shape index (κ2) is 12.2. The van der Waals surface area contributed by atoms with Crippen molar-refractivity contribution in [3.63, 3.8) is 0 Å². The van der Waals surface area contributed by atoms with Crippen LogP contribution in [-0.2, 0) is 30.4 Å². The number of benzene rings is 2. The molecule has 0 aliphatic heterocycles. The zero-order valence-electron chi connectivity index (χ0n) is 21.5. The molecule has 0 fully saturated rings. The first-order valence-corrected chi connectivity index (χ1v) is 12.5. The molecule has 0 N–H and O–H groups in total. The van der Waals surface area contributed by atoms with Gasteiger partial charge in [0, 0.05) is 36.4 Å². The van der Waals surface area contributed by atoms with Crippen molar-refractivity contribution in [2.75, 3.05) is 0 Å². The number of carbonyl (C=O) groups excluding carboxylic acids is 1. The molecule has 0 saturated heterocycles. The molecule has 0 bridgehead atoms. The van der Waals surface area contributed by atoms with E-state index in [-0.39, 0.29) is 18.4 Å². The van der Waals surface area contributed by atoms with Crippen molar-refractivity contribution in [3.05, 3.63) is 106 Å². The van der Waals surface area contributed by atoms with E-state index in [1.807, 2.05) is 0 Å². The first-order chi connectivity index (χ1) is 19.3. The lowest BCUT2D eigenvalue weighted by molar-refractivity contribution is -0.143. The summed E-state index contributed by atoms with van der Waals surface area (Å²) in [5, 5.41) is 3.16. The van der Waals surface area contributed by atoms with E-state index in [0.29, 0.717) is 45.8 Å². The lowest BCUT2D eigenvalue weighted by Gasteiger charge is -2.20. The fraction of sp³-hybridized carbons (Fsp3) is 0.276. The second-order valence-corrected chi connectivity index (χ2v) is 9.45. The summed E-state index contributed by atoms with van der Waals surface area (Å²) in [7, 11) is 0. The summed E-state index contributed by atoms with van der Waals surface area (Å²) in [6.45, 7) is 1.01. The number of aromatic nitrogens is 3. The molecular weight excluding hydrogens is 558 g/mol. The van der Waals surface area contributed by atoms with Gasteiger partial charge in [0.25, 0.3) is 6.43 Å². The average Bonchev–Trinajstić information content (AvgIpc) is 3.33. The number of Topliss-reactive ketones (excluding diaryl/α,β-unsaturated/α-hetero) is 1. The quantitative estimate of drug-likeness (QED) is 0.179. The van der Waals surface area contributed by atoms with Gasteiger partial charge in [-0.1, -0.05) is 19.1 Å². The third kappa shape index (κ3) is 7.17. The minimum atomic E-state index is -5.15. The van der Waals surface area contributed by atoms with Gasteiger partial charge in [0.05, 0.1) is 17.8 Å². The normalized spacial score (nSPS) is 12.6. The number of hydrogen-bond acceptors (Lipinski definition) is 3. The van der Waals surface area contributed by atoms with Crippen LogP contribution in [0.2, 0.25) is 0 Å². The van der Waals surface area contributed by atoms with Crippen LogP contribution in [0, 0.1) is 17.5 Å². The Morgan fingerprint density at radius 3 is 2.32 bits per heavy atom. The Labute approximate surface area is 229 Å². The zero-order chi connectivity index (χ0) is 29.9. The van der Waals surface area contributed by atoms with Crippen LogP contribution in [0.5, 0.6) is 0 Å². The molecule has 4 rings (SSSR count). The summed E-state index contributed by atoms with van der Waals surface area (Å²) < 4.78 is 109. The van der Waals surface area contributed by atoms with Crippen LogP contribution in [-0.4, -0.2) is 20.5 Å². The summed E-state index contributed by atoms with van der Waals surface area (Å²) in [6, 6.07) is 10.5. The predicted molar refractivity (Wildman–Crippen MR) is 134 cm³/mol. The van der Waals surface area contributed by atoms with Gasteiger partial charge in [0.1, 0.15) is 17.5 Å². The van der Waals surface area contributed by atoms with Crippen molar-refractivity contribution < 1.29 is 39.9 Å². The first kappa shape index (κ1) is 29.9. The zero-order valence-corrected chi connectivity index (χ0v) is 21.5. The Morgan fingerprint density at radius 1 is 1.00 bits per heavy atom. The molecule has 216 valence electrons. The second-order valence-electron chi connectivity index (χ2n) is 9.45. The topological polar surface area (TPSA) is 47.8 Å². The molecule has 0 spiro atoms. The number of pyridine rings is 1. The summed E-state index contributed by atoms with van der Waals surface area (Å²) >= 11 is 0. The Morgan fingerprint density at radius 2 is 1.71 bits per heavy atom. The first-order valence-electron chi connectivity index (χ1n) is 12.5. The maximum Gasteiger partial charge on any atom is 0.435 e. The maximum atomic E-state index is 14.2. The highest BCUT2D eigenvalue weighted by molar-refractivity contribution is 5.80. The van der Waals surface area contributed by atoms with Gasteiger partial charge in [-0.3, -0.25) is 14.5 Å². The number of alkyl halides is 5. The molecule has 0 unspecified atom stereocenters. The van der Waals surface area contributed by atoms with Crippen LogP contribution < -0.4 is 0 Å². The fourth-order valence-corrected chi connectivity index (χ4v) is 4.70. The Balaban J connectivity index is 1.71. The molecule has 41 heavy (non-hydrogen) atoms. The average molecular weight is 582 g/mol. The van der Waals surface area contributed by atoms with E-state index in [9.17, 15) is 39.9 Å². The Hall–Kier alpha value is -4.09. The standard InChI is InChI=1S/C29H23F8N3O/c1-2-17-11-18(5-6-25(17)32)23-4-3-7-38-26(23)19(8-16-9-20(30)13-21(31)10-16)12-22(41)14-40-15-24(28(33)34)27(39-40)29(35,36)37/h3-7,9-11,13,15,19,28H,2,8,12,14H2,1H3/t19-/m1/s1. The molecule has 0 radical (unpaired) electrons. The van der Waals surface area contributed by atoms with Crippen molar-refractivity contribution in [1.82, 2.24) is 14.8 Å². The van der Waals surface area contributed by atoms with E-state index < -0.39 is 59.6 Å². The van der Waals surface area contributed by atoms with E-state index in [0.717, 1.165) is 12.1 Å². The minimum absolute atomic E-state index is 0.0958. The maximum absolute atomic E-state index is 14.2. The van der Waals surface area contributed by atoms with Crippen molar-refractivity contribution in [1.29, 1.82) is 0 Å². The van der Waals surface area contributed by atoms with E-state index in [1.54, 1.807) is 25.1 Å². The lowest BCUT2D eigenvalue weighted by Crippen LogP contribution is -2.18. The molecule has 2 heterocycles. The number of aryl methyl sites for hydroxylation is 1. The Kier molecular flexibility index (Phi) is 8.89. The number of hydrogen-bond donors (Lipinski definition) is 0. The predicted octanol–water partition coefficient (Wildman–Crippen LogP) is 7.87. The summed E-state index contributed by atoms with van der Waals surface area (Å²) in [4.78, 5) is 17.5.